The van der Waals surface area contributed by atoms with Gasteiger partial charge in [0, 0.05) is 24.2 Å². The van der Waals surface area contributed by atoms with E-state index in [0.29, 0.717) is 46.2 Å². The van der Waals surface area contributed by atoms with E-state index in [9.17, 15) is 8.78 Å². The minimum Gasteiger partial charge on any atom is -0.364 e. The highest BCUT2D eigenvalue weighted by molar-refractivity contribution is 5.63. The molecule has 2 fully saturated rings. The third kappa shape index (κ3) is 3.34. The fourth-order valence-corrected chi connectivity index (χ4v) is 4.54. The number of benzene rings is 1. The number of rotatable bonds is 5. The molecular formula is C23H20F2N6O. The maximum absolute atomic E-state index is 14.6. The topological polar surface area (TPSA) is 72.9 Å². The summed E-state index contributed by atoms with van der Waals surface area (Å²) in [5, 5.41) is 8.62. The Hall–Kier alpha value is -3.62. The third-order valence-corrected chi connectivity index (χ3v) is 6.24. The van der Waals surface area contributed by atoms with Crippen LogP contribution in [-0.4, -0.2) is 37.5 Å². The SMILES string of the molecule is Fc1ccccc1Cn1nc(-c2ncc(F)c(N3CCCC4CC43)n2)cc1-c1ccon1. The summed E-state index contributed by atoms with van der Waals surface area (Å²) in [6.07, 6.45) is 5.99. The van der Waals surface area contributed by atoms with Gasteiger partial charge in [0.05, 0.1) is 18.4 Å². The van der Waals surface area contributed by atoms with Crippen LogP contribution in [0.2, 0.25) is 0 Å². The van der Waals surface area contributed by atoms with Crippen molar-refractivity contribution in [3.05, 3.63) is 66.1 Å². The number of aromatic nitrogens is 5. The zero-order valence-corrected chi connectivity index (χ0v) is 17.2. The highest BCUT2D eigenvalue weighted by Crippen LogP contribution is 2.45. The lowest BCUT2D eigenvalue weighted by Crippen LogP contribution is -2.33. The summed E-state index contributed by atoms with van der Waals surface area (Å²) in [5.74, 6) is 0.541. The molecule has 0 bridgehead atoms. The van der Waals surface area contributed by atoms with Crippen molar-refractivity contribution in [2.75, 3.05) is 11.4 Å². The van der Waals surface area contributed by atoms with Gasteiger partial charge in [-0.3, -0.25) is 4.68 Å². The minimum absolute atomic E-state index is 0.193. The Morgan fingerprint density at radius 1 is 1.09 bits per heavy atom. The van der Waals surface area contributed by atoms with Crippen LogP contribution in [0.3, 0.4) is 0 Å². The van der Waals surface area contributed by atoms with Crippen LogP contribution >= 0.6 is 0 Å². The molecule has 3 aromatic heterocycles. The predicted octanol–water partition coefficient (Wildman–Crippen LogP) is 4.31. The lowest BCUT2D eigenvalue weighted by atomic mass is 10.1. The van der Waals surface area contributed by atoms with Crippen LogP contribution in [-0.2, 0) is 6.54 Å². The molecule has 1 aliphatic heterocycles. The molecule has 2 aliphatic rings. The summed E-state index contributed by atoms with van der Waals surface area (Å²) < 4.78 is 35.5. The number of hydrogen-bond donors (Lipinski definition) is 0. The lowest BCUT2D eigenvalue weighted by Gasteiger charge is -2.28. The van der Waals surface area contributed by atoms with Gasteiger partial charge in [-0.15, -0.1) is 0 Å². The molecule has 0 N–H and O–H groups in total. The van der Waals surface area contributed by atoms with Crippen molar-refractivity contribution in [1.29, 1.82) is 0 Å². The van der Waals surface area contributed by atoms with Crippen molar-refractivity contribution in [3.8, 4) is 22.9 Å². The molecule has 4 heterocycles. The van der Waals surface area contributed by atoms with Crippen LogP contribution in [0.25, 0.3) is 22.9 Å². The molecule has 6 rings (SSSR count). The normalized spacial score (nSPS) is 19.8. The van der Waals surface area contributed by atoms with E-state index in [1.807, 2.05) is 0 Å². The number of fused-ring (bicyclic) bond motifs is 1. The fourth-order valence-electron chi connectivity index (χ4n) is 4.54. The predicted molar refractivity (Wildman–Crippen MR) is 113 cm³/mol. The summed E-state index contributed by atoms with van der Waals surface area (Å²) in [6, 6.07) is 10.4. The molecule has 2 unspecified atom stereocenters. The second-order valence-electron chi connectivity index (χ2n) is 8.31. The molecule has 9 heteroatoms. The first-order valence-electron chi connectivity index (χ1n) is 10.7. The summed E-state index contributed by atoms with van der Waals surface area (Å²) in [6.45, 7) is 0.985. The Kier molecular flexibility index (Phi) is 4.48. The van der Waals surface area contributed by atoms with E-state index in [2.05, 4.69) is 25.1 Å². The molecule has 4 aromatic rings. The quantitative estimate of drug-likeness (QED) is 0.466. The van der Waals surface area contributed by atoms with Gasteiger partial charge in [-0.2, -0.15) is 5.10 Å². The Morgan fingerprint density at radius 3 is 2.84 bits per heavy atom. The van der Waals surface area contributed by atoms with Crippen molar-refractivity contribution in [2.24, 2.45) is 5.92 Å². The Morgan fingerprint density at radius 2 is 2.00 bits per heavy atom. The van der Waals surface area contributed by atoms with Crippen molar-refractivity contribution < 1.29 is 13.3 Å². The highest BCUT2D eigenvalue weighted by atomic mass is 19.1. The Labute approximate surface area is 182 Å². The van der Waals surface area contributed by atoms with Gasteiger partial charge in [-0.1, -0.05) is 23.4 Å². The summed E-state index contributed by atoms with van der Waals surface area (Å²) in [5.41, 5.74) is 2.14. The van der Waals surface area contributed by atoms with Gasteiger partial charge in [-0.25, -0.2) is 18.7 Å². The molecule has 162 valence electrons. The minimum atomic E-state index is -0.427. The van der Waals surface area contributed by atoms with Gasteiger partial charge in [0.2, 0.25) is 0 Å². The van der Waals surface area contributed by atoms with E-state index >= 15 is 0 Å². The lowest BCUT2D eigenvalue weighted by molar-refractivity contribution is 0.421. The monoisotopic (exact) mass is 434 g/mol. The first kappa shape index (κ1) is 19.1. The van der Waals surface area contributed by atoms with Gasteiger partial charge in [0.1, 0.15) is 23.5 Å². The number of nitrogens with zero attached hydrogens (tertiary/aromatic N) is 6. The number of hydrogen-bond acceptors (Lipinski definition) is 6. The molecular weight excluding hydrogens is 414 g/mol. The largest absolute Gasteiger partial charge is 0.364 e. The van der Waals surface area contributed by atoms with Crippen molar-refractivity contribution in [2.45, 2.75) is 31.8 Å². The molecule has 1 saturated carbocycles. The highest BCUT2D eigenvalue weighted by Gasteiger charge is 2.45. The molecule has 0 spiro atoms. The molecule has 32 heavy (non-hydrogen) atoms. The fraction of sp³-hybridized carbons (Fsp3) is 0.304. The summed E-state index contributed by atoms with van der Waals surface area (Å²) in [4.78, 5) is 10.8. The second-order valence-corrected chi connectivity index (χ2v) is 8.31. The molecule has 7 nitrogen and oxygen atoms in total. The van der Waals surface area contributed by atoms with E-state index in [0.717, 1.165) is 19.4 Å². The smallest absolute Gasteiger partial charge is 0.183 e. The van der Waals surface area contributed by atoms with Crippen molar-refractivity contribution in [3.63, 3.8) is 0 Å². The van der Waals surface area contributed by atoms with E-state index in [1.54, 1.807) is 35.0 Å². The summed E-state index contributed by atoms with van der Waals surface area (Å²) in [7, 11) is 0. The standard InChI is InChI=1S/C23H20F2N6O/c24-16-6-2-1-4-15(16)13-31-21(18-7-9-32-29-18)11-19(28-31)22-26-12-17(25)23(27-22)30-8-3-5-14-10-20(14)30/h1-2,4,6-7,9,11-12,14,20H,3,5,8,10,13H2. The van der Waals surface area contributed by atoms with Crippen LogP contribution in [0.15, 0.2) is 53.4 Å². The Balaban J connectivity index is 1.40. The molecule has 1 saturated heterocycles. The van der Waals surface area contributed by atoms with Gasteiger partial charge < -0.3 is 9.42 Å². The number of anilines is 1. The molecule has 0 radical (unpaired) electrons. The zero-order chi connectivity index (χ0) is 21.7. The molecule has 1 aromatic carbocycles. The Bertz CT molecular complexity index is 1270. The first-order chi connectivity index (χ1) is 15.7. The van der Waals surface area contributed by atoms with E-state index in [1.165, 1.54) is 24.9 Å². The van der Waals surface area contributed by atoms with Gasteiger partial charge in [0.15, 0.2) is 17.5 Å². The van der Waals surface area contributed by atoms with Crippen LogP contribution in [0.1, 0.15) is 24.8 Å². The second kappa shape index (κ2) is 7.51. The van der Waals surface area contributed by atoms with Crippen LogP contribution in [0.4, 0.5) is 14.6 Å². The number of piperidine rings is 1. The zero-order valence-electron chi connectivity index (χ0n) is 17.2. The van der Waals surface area contributed by atoms with Crippen molar-refractivity contribution in [1.82, 2.24) is 24.9 Å². The average molecular weight is 434 g/mol. The molecule has 2 atom stereocenters. The van der Waals surface area contributed by atoms with E-state index in [4.69, 9.17) is 4.52 Å². The van der Waals surface area contributed by atoms with Crippen LogP contribution in [0, 0.1) is 17.6 Å². The van der Waals surface area contributed by atoms with Gasteiger partial charge >= 0.3 is 0 Å². The van der Waals surface area contributed by atoms with E-state index < -0.39 is 5.82 Å². The van der Waals surface area contributed by atoms with Crippen LogP contribution in [0.5, 0.6) is 0 Å². The third-order valence-electron chi connectivity index (χ3n) is 6.24. The average Bonchev–Trinajstić information content (AvgIpc) is 3.20. The first-order valence-corrected chi connectivity index (χ1v) is 10.7. The summed E-state index contributed by atoms with van der Waals surface area (Å²) >= 11 is 0. The molecule has 0 amide bonds. The van der Waals surface area contributed by atoms with Gasteiger partial charge in [-0.05, 0) is 37.3 Å². The maximum Gasteiger partial charge on any atom is 0.183 e. The van der Waals surface area contributed by atoms with Crippen LogP contribution < -0.4 is 4.90 Å². The number of halogens is 2. The van der Waals surface area contributed by atoms with Gasteiger partial charge in [0.25, 0.3) is 0 Å². The van der Waals surface area contributed by atoms with Crippen molar-refractivity contribution >= 4 is 5.82 Å². The maximum atomic E-state index is 14.6. The van der Waals surface area contributed by atoms with E-state index in [-0.39, 0.29) is 12.4 Å². The molecule has 1 aliphatic carbocycles.